The van der Waals surface area contributed by atoms with Gasteiger partial charge in [-0.25, -0.2) is 8.42 Å². The fourth-order valence-electron chi connectivity index (χ4n) is 2.54. The Bertz CT molecular complexity index is 719. The van der Waals surface area contributed by atoms with Gasteiger partial charge in [0, 0.05) is 32.2 Å². The number of rotatable bonds is 6. The van der Waals surface area contributed by atoms with Crippen molar-refractivity contribution < 1.29 is 13.2 Å². The number of carbonyl (C=O) groups is 1. The lowest BCUT2D eigenvalue weighted by molar-refractivity contribution is -0.123. The molecule has 140 valence electrons. The van der Waals surface area contributed by atoms with Crippen LogP contribution >= 0.6 is 23.2 Å². The van der Waals surface area contributed by atoms with E-state index in [1.165, 1.54) is 22.5 Å². The third-order valence-electron chi connectivity index (χ3n) is 4.25. The molecule has 1 aromatic carbocycles. The second-order valence-electron chi connectivity index (χ2n) is 6.13. The molecule has 6 nitrogen and oxygen atoms in total. The highest BCUT2D eigenvalue weighted by Crippen LogP contribution is 2.26. The highest BCUT2D eigenvalue weighted by atomic mass is 35.5. The fourth-order valence-corrected chi connectivity index (χ4v) is 4.35. The van der Waals surface area contributed by atoms with Crippen LogP contribution in [-0.4, -0.2) is 62.3 Å². The molecule has 1 amide bonds. The first kappa shape index (κ1) is 20.5. The van der Waals surface area contributed by atoms with Crippen LogP contribution in [0.2, 0.25) is 10.0 Å². The summed E-state index contributed by atoms with van der Waals surface area (Å²) in [6.45, 7) is 5.93. The Balaban J connectivity index is 1.94. The molecule has 0 saturated carbocycles. The standard InChI is InChI=1S/C16H23Cl2N3O3S/c1-3-12(2)19-16(22)11-20-6-8-21(9-7-20)25(23,24)13-4-5-14(17)15(18)10-13/h4-5,10,12H,3,6-9,11H2,1-2H3,(H,19,22)/t12-/m1/s1. The van der Waals surface area contributed by atoms with Crippen LogP contribution in [0, 0.1) is 0 Å². The summed E-state index contributed by atoms with van der Waals surface area (Å²) in [4.78, 5) is 14.0. The molecular formula is C16H23Cl2N3O3S. The van der Waals surface area contributed by atoms with Gasteiger partial charge in [-0.2, -0.15) is 4.31 Å². The van der Waals surface area contributed by atoms with Crippen molar-refractivity contribution in [3.63, 3.8) is 0 Å². The zero-order valence-corrected chi connectivity index (χ0v) is 16.7. The molecule has 1 atom stereocenters. The molecular weight excluding hydrogens is 385 g/mol. The summed E-state index contributed by atoms with van der Waals surface area (Å²) < 4.78 is 26.8. The molecule has 0 aliphatic carbocycles. The van der Waals surface area contributed by atoms with Gasteiger partial charge in [-0.05, 0) is 31.5 Å². The maximum atomic E-state index is 12.7. The number of halogens is 2. The molecule has 1 aromatic rings. The molecule has 9 heteroatoms. The molecule has 1 fully saturated rings. The number of nitrogens with zero attached hydrogens (tertiary/aromatic N) is 2. The minimum absolute atomic E-state index is 0.0323. The summed E-state index contributed by atoms with van der Waals surface area (Å²) in [7, 11) is -3.61. The molecule has 1 aliphatic heterocycles. The molecule has 1 aliphatic rings. The third kappa shape index (κ3) is 5.31. The predicted octanol–water partition coefficient (Wildman–Crippen LogP) is 2.21. The molecule has 2 rings (SSSR count). The van der Waals surface area contributed by atoms with Crippen molar-refractivity contribution in [1.29, 1.82) is 0 Å². The average Bonchev–Trinajstić information content (AvgIpc) is 2.57. The zero-order valence-electron chi connectivity index (χ0n) is 14.3. The van der Waals surface area contributed by atoms with Gasteiger partial charge in [-0.15, -0.1) is 0 Å². The maximum absolute atomic E-state index is 12.7. The molecule has 0 bridgehead atoms. The van der Waals surface area contributed by atoms with Crippen LogP contribution in [0.3, 0.4) is 0 Å². The molecule has 1 heterocycles. The van der Waals surface area contributed by atoms with E-state index in [9.17, 15) is 13.2 Å². The van der Waals surface area contributed by atoms with Gasteiger partial charge in [0.1, 0.15) is 0 Å². The van der Waals surface area contributed by atoms with Gasteiger partial charge >= 0.3 is 0 Å². The van der Waals surface area contributed by atoms with E-state index in [1.807, 2.05) is 18.7 Å². The first-order chi connectivity index (χ1) is 11.7. The first-order valence-electron chi connectivity index (χ1n) is 8.21. The number of piperazine rings is 1. The number of benzene rings is 1. The van der Waals surface area contributed by atoms with Crippen LogP contribution in [0.25, 0.3) is 0 Å². The van der Waals surface area contributed by atoms with Crippen molar-refractivity contribution in [3.05, 3.63) is 28.2 Å². The summed E-state index contributed by atoms with van der Waals surface area (Å²) in [5.41, 5.74) is 0. The molecule has 0 spiro atoms. The van der Waals surface area contributed by atoms with Crippen LogP contribution in [0.5, 0.6) is 0 Å². The Morgan fingerprint density at radius 3 is 2.40 bits per heavy atom. The lowest BCUT2D eigenvalue weighted by atomic mass is 10.2. The Morgan fingerprint density at radius 2 is 1.84 bits per heavy atom. The Hall–Kier alpha value is -0.860. The molecule has 0 radical (unpaired) electrons. The fraction of sp³-hybridized carbons (Fsp3) is 0.562. The monoisotopic (exact) mass is 407 g/mol. The first-order valence-corrected chi connectivity index (χ1v) is 10.4. The van der Waals surface area contributed by atoms with Crippen molar-refractivity contribution in [2.24, 2.45) is 0 Å². The second kappa shape index (κ2) is 8.68. The number of amides is 1. The minimum atomic E-state index is -3.61. The summed E-state index contributed by atoms with van der Waals surface area (Å²) in [6, 6.07) is 4.44. The molecule has 1 saturated heterocycles. The molecule has 0 unspecified atom stereocenters. The van der Waals surface area contributed by atoms with Crippen molar-refractivity contribution in [2.45, 2.75) is 31.2 Å². The van der Waals surface area contributed by atoms with E-state index >= 15 is 0 Å². The van der Waals surface area contributed by atoms with Crippen LogP contribution in [0.1, 0.15) is 20.3 Å². The number of carbonyl (C=O) groups excluding carboxylic acids is 1. The van der Waals surface area contributed by atoms with Crippen LogP contribution in [0.4, 0.5) is 0 Å². The second-order valence-corrected chi connectivity index (χ2v) is 8.89. The predicted molar refractivity (Wildman–Crippen MR) is 99.6 cm³/mol. The van der Waals surface area contributed by atoms with Gasteiger partial charge in [0.2, 0.25) is 15.9 Å². The minimum Gasteiger partial charge on any atom is -0.353 e. The number of nitrogens with one attached hydrogen (secondary N) is 1. The van der Waals surface area contributed by atoms with E-state index in [2.05, 4.69) is 5.32 Å². The highest BCUT2D eigenvalue weighted by molar-refractivity contribution is 7.89. The SMILES string of the molecule is CC[C@@H](C)NC(=O)CN1CCN(S(=O)(=O)c2ccc(Cl)c(Cl)c2)CC1. The molecule has 25 heavy (non-hydrogen) atoms. The van der Waals surface area contributed by atoms with Gasteiger partial charge in [-0.3, -0.25) is 9.69 Å². The Kier molecular flexibility index (Phi) is 7.10. The molecule has 1 N–H and O–H groups in total. The number of hydrogen-bond donors (Lipinski definition) is 1. The smallest absolute Gasteiger partial charge is 0.243 e. The maximum Gasteiger partial charge on any atom is 0.243 e. The number of sulfonamides is 1. The van der Waals surface area contributed by atoms with Crippen LogP contribution in [-0.2, 0) is 14.8 Å². The summed E-state index contributed by atoms with van der Waals surface area (Å²) in [6.07, 6.45) is 0.876. The van der Waals surface area contributed by atoms with E-state index in [0.29, 0.717) is 31.2 Å². The molecule has 0 aromatic heterocycles. The summed E-state index contributed by atoms with van der Waals surface area (Å²) in [5, 5.41) is 3.44. The number of hydrogen-bond acceptors (Lipinski definition) is 4. The largest absolute Gasteiger partial charge is 0.353 e. The average molecular weight is 408 g/mol. The van der Waals surface area contributed by atoms with E-state index in [-0.39, 0.29) is 28.4 Å². The van der Waals surface area contributed by atoms with Gasteiger partial charge in [0.25, 0.3) is 0 Å². The Morgan fingerprint density at radius 1 is 1.20 bits per heavy atom. The quantitative estimate of drug-likeness (QED) is 0.784. The highest BCUT2D eigenvalue weighted by Gasteiger charge is 2.29. The van der Waals surface area contributed by atoms with E-state index in [4.69, 9.17) is 23.2 Å². The summed E-state index contributed by atoms with van der Waals surface area (Å²) >= 11 is 11.8. The van der Waals surface area contributed by atoms with Crippen LogP contribution < -0.4 is 5.32 Å². The van der Waals surface area contributed by atoms with Crippen molar-refractivity contribution >= 4 is 39.1 Å². The van der Waals surface area contributed by atoms with Crippen molar-refractivity contribution in [2.75, 3.05) is 32.7 Å². The van der Waals surface area contributed by atoms with Gasteiger partial charge < -0.3 is 5.32 Å². The van der Waals surface area contributed by atoms with Crippen molar-refractivity contribution in [3.8, 4) is 0 Å². The topological polar surface area (TPSA) is 69.7 Å². The van der Waals surface area contributed by atoms with Crippen LogP contribution in [0.15, 0.2) is 23.1 Å². The van der Waals surface area contributed by atoms with Gasteiger partial charge in [0.05, 0.1) is 21.5 Å². The Labute approximate surface area is 159 Å². The lowest BCUT2D eigenvalue weighted by Gasteiger charge is -2.33. The van der Waals surface area contributed by atoms with E-state index in [0.717, 1.165) is 6.42 Å². The summed E-state index contributed by atoms with van der Waals surface area (Å²) in [5.74, 6) is -0.0323. The lowest BCUT2D eigenvalue weighted by Crippen LogP contribution is -2.51. The van der Waals surface area contributed by atoms with Gasteiger partial charge in [-0.1, -0.05) is 30.1 Å². The third-order valence-corrected chi connectivity index (χ3v) is 6.88. The van der Waals surface area contributed by atoms with Crippen molar-refractivity contribution in [1.82, 2.24) is 14.5 Å². The van der Waals surface area contributed by atoms with E-state index in [1.54, 1.807) is 0 Å². The van der Waals surface area contributed by atoms with E-state index < -0.39 is 10.0 Å². The normalized spacial score (nSPS) is 18.1. The van der Waals surface area contributed by atoms with Gasteiger partial charge in [0.15, 0.2) is 0 Å². The zero-order chi connectivity index (χ0) is 18.6.